The zero-order valence-electron chi connectivity index (χ0n) is 7.87. The number of rotatable bonds is 1. The molecule has 0 aliphatic rings. The van der Waals surface area contributed by atoms with Gasteiger partial charge in [0.15, 0.2) is 0 Å². The Morgan fingerprint density at radius 2 is 1.40 bits per heavy atom. The number of anilines is 1. The molecule has 0 bridgehead atoms. The van der Waals surface area contributed by atoms with Crippen LogP contribution in [0.15, 0.2) is 42.5 Å². The quantitative estimate of drug-likeness (QED) is 0.711. The SMILES string of the molecule is Nc1cc(F)ccc1-c1ccc(F)cc1. The van der Waals surface area contributed by atoms with Crippen LogP contribution in [0.2, 0.25) is 0 Å². The third-order valence-corrected chi connectivity index (χ3v) is 2.17. The van der Waals surface area contributed by atoms with E-state index in [-0.39, 0.29) is 11.6 Å². The maximum absolute atomic E-state index is 12.8. The molecular weight excluding hydrogens is 196 g/mol. The van der Waals surface area contributed by atoms with E-state index in [1.54, 1.807) is 18.2 Å². The lowest BCUT2D eigenvalue weighted by atomic mass is 10.0. The van der Waals surface area contributed by atoms with E-state index >= 15 is 0 Å². The molecule has 2 aromatic carbocycles. The number of hydrogen-bond acceptors (Lipinski definition) is 1. The molecule has 0 atom stereocenters. The van der Waals surface area contributed by atoms with Gasteiger partial charge in [-0.05, 0) is 35.9 Å². The highest BCUT2D eigenvalue weighted by atomic mass is 19.1. The first-order chi connectivity index (χ1) is 7.16. The molecule has 0 aliphatic heterocycles. The van der Waals surface area contributed by atoms with Crippen LogP contribution >= 0.6 is 0 Å². The normalized spacial score (nSPS) is 10.3. The highest BCUT2D eigenvalue weighted by Gasteiger charge is 2.03. The van der Waals surface area contributed by atoms with Gasteiger partial charge in [-0.25, -0.2) is 8.78 Å². The fraction of sp³-hybridized carbons (Fsp3) is 0. The van der Waals surface area contributed by atoms with E-state index in [1.807, 2.05) is 0 Å². The maximum Gasteiger partial charge on any atom is 0.125 e. The van der Waals surface area contributed by atoms with Crippen LogP contribution < -0.4 is 5.73 Å². The van der Waals surface area contributed by atoms with E-state index in [4.69, 9.17) is 5.73 Å². The Bertz CT molecular complexity index is 477. The minimum Gasteiger partial charge on any atom is -0.398 e. The molecule has 2 N–H and O–H groups in total. The number of benzene rings is 2. The molecule has 2 rings (SSSR count). The number of nitrogens with two attached hydrogens (primary N) is 1. The summed E-state index contributed by atoms with van der Waals surface area (Å²) in [6.45, 7) is 0. The van der Waals surface area contributed by atoms with Crippen LogP contribution in [-0.4, -0.2) is 0 Å². The summed E-state index contributed by atoms with van der Waals surface area (Å²) in [6.07, 6.45) is 0. The van der Waals surface area contributed by atoms with E-state index in [0.717, 1.165) is 5.56 Å². The molecule has 0 aromatic heterocycles. The Hall–Kier alpha value is -1.90. The monoisotopic (exact) mass is 205 g/mol. The molecular formula is C12H9F2N. The average molecular weight is 205 g/mol. The molecule has 76 valence electrons. The van der Waals surface area contributed by atoms with Crippen molar-refractivity contribution < 1.29 is 8.78 Å². The van der Waals surface area contributed by atoms with Crippen LogP contribution in [0.1, 0.15) is 0 Å². The number of hydrogen-bond donors (Lipinski definition) is 1. The molecule has 1 nitrogen and oxygen atoms in total. The number of nitrogen functional groups attached to an aromatic ring is 1. The van der Waals surface area contributed by atoms with Crippen molar-refractivity contribution in [2.24, 2.45) is 0 Å². The van der Waals surface area contributed by atoms with E-state index in [0.29, 0.717) is 11.3 Å². The van der Waals surface area contributed by atoms with Crippen molar-refractivity contribution in [1.29, 1.82) is 0 Å². The van der Waals surface area contributed by atoms with Gasteiger partial charge in [0.05, 0.1) is 0 Å². The van der Waals surface area contributed by atoms with Gasteiger partial charge in [0, 0.05) is 11.3 Å². The lowest BCUT2D eigenvalue weighted by Gasteiger charge is -2.05. The topological polar surface area (TPSA) is 26.0 Å². The summed E-state index contributed by atoms with van der Waals surface area (Å²) >= 11 is 0. The zero-order valence-corrected chi connectivity index (χ0v) is 7.87. The maximum atomic E-state index is 12.8. The van der Waals surface area contributed by atoms with E-state index in [9.17, 15) is 8.78 Å². The van der Waals surface area contributed by atoms with Crippen LogP contribution in [0.25, 0.3) is 11.1 Å². The third-order valence-electron chi connectivity index (χ3n) is 2.17. The molecule has 0 amide bonds. The molecule has 0 radical (unpaired) electrons. The van der Waals surface area contributed by atoms with E-state index < -0.39 is 0 Å². The predicted molar refractivity (Wildman–Crippen MR) is 56.2 cm³/mol. The smallest absolute Gasteiger partial charge is 0.125 e. The Morgan fingerprint density at radius 3 is 2.00 bits per heavy atom. The Labute approximate surface area is 86.2 Å². The second kappa shape index (κ2) is 3.69. The molecule has 15 heavy (non-hydrogen) atoms. The number of halogens is 2. The Morgan fingerprint density at radius 1 is 0.800 bits per heavy atom. The van der Waals surface area contributed by atoms with Crippen LogP contribution in [0.5, 0.6) is 0 Å². The summed E-state index contributed by atoms with van der Waals surface area (Å²) in [4.78, 5) is 0. The van der Waals surface area contributed by atoms with Crippen molar-refractivity contribution in [3.63, 3.8) is 0 Å². The molecule has 0 saturated heterocycles. The molecule has 0 unspecified atom stereocenters. The van der Waals surface area contributed by atoms with Crippen molar-refractivity contribution in [2.45, 2.75) is 0 Å². The summed E-state index contributed by atoms with van der Waals surface area (Å²) in [5.74, 6) is -0.683. The molecule has 0 aliphatic carbocycles. The van der Waals surface area contributed by atoms with Crippen LogP contribution in [0.3, 0.4) is 0 Å². The molecule has 2 aromatic rings. The standard InChI is InChI=1S/C12H9F2N/c13-9-3-1-8(2-4-9)11-6-5-10(14)7-12(11)15/h1-7H,15H2. The summed E-state index contributed by atoms with van der Waals surface area (Å²) in [5.41, 5.74) is 7.48. The molecule has 0 heterocycles. The fourth-order valence-corrected chi connectivity index (χ4v) is 1.43. The first-order valence-electron chi connectivity index (χ1n) is 4.48. The van der Waals surface area contributed by atoms with Crippen molar-refractivity contribution in [1.82, 2.24) is 0 Å². The van der Waals surface area contributed by atoms with Gasteiger partial charge >= 0.3 is 0 Å². The minimum absolute atomic E-state index is 0.306. The summed E-state index contributed by atoms with van der Waals surface area (Å²) in [7, 11) is 0. The van der Waals surface area contributed by atoms with E-state index in [1.165, 1.54) is 24.3 Å². The highest BCUT2D eigenvalue weighted by Crippen LogP contribution is 2.26. The Balaban J connectivity index is 2.49. The summed E-state index contributed by atoms with van der Waals surface area (Å²) in [6, 6.07) is 10.1. The molecule has 3 heteroatoms. The van der Waals surface area contributed by atoms with E-state index in [2.05, 4.69) is 0 Å². The van der Waals surface area contributed by atoms with Crippen molar-refractivity contribution in [2.75, 3.05) is 5.73 Å². The predicted octanol–water partition coefficient (Wildman–Crippen LogP) is 3.21. The average Bonchev–Trinajstić information content (AvgIpc) is 2.20. The lowest BCUT2D eigenvalue weighted by Crippen LogP contribution is -1.91. The van der Waals surface area contributed by atoms with Gasteiger partial charge in [-0.1, -0.05) is 12.1 Å². The summed E-state index contributed by atoms with van der Waals surface area (Å²) < 4.78 is 25.5. The second-order valence-corrected chi connectivity index (χ2v) is 3.24. The van der Waals surface area contributed by atoms with Gasteiger partial charge in [0.1, 0.15) is 11.6 Å². The van der Waals surface area contributed by atoms with Crippen molar-refractivity contribution in [3.8, 4) is 11.1 Å². The van der Waals surface area contributed by atoms with Gasteiger partial charge in [0.25, 0.3) is 0 Å². The minimum atomic E-state index is -0.377. The summed E-state index contributed by atoms with van der Waals surface area (Å²) in [5, 5.41) is 0. The first-order valence-corrected chi connectivity index (χ1v) is 4.48. The molecule has 0 fully saturated rings. The van der Waals surface area contributed by atoms with Crippen molar-refractivity contribution >= 4 is 5.69 Å². The molecule has 0 spiro atoms. The largest absolute Gasteiger partial charge is 0.398 e. The van der Waals surface area contributed by atoms with Gasteiger partial charge in [-0.3, -0.25) is 0 Å². The fourth-order valence-electron chi connectivity index (χ4n) is 1.43. The van der Waals surface area contributed by atoms with Crippen LogP contribution in [0, 0.1) is 11.6 Å². The van der Waals surface area contributed by atoms with Crippen LogP contribution in [-0.2, 0) is 0 Å². The lowest BCUT2D eigenvalue weighted by molar-refractivity contribution is 0.627. The van der Waals surface area contributed by atoms with Gasteiger partial charge < -0.3 is 5.73 Å². The Kier molecular flexibility index (Phi) is 2.37. The third kappa shape index (κ3) is 1.96. The van der Waals surface area contributed by atoms with Gasteiger partial charge in [-0.15, -0.1) is 0 Å². The van der Waals surface area contributed by atoms with Crippen LogP contribution in [0.4, 0.5) is 14.5 Å². The zero-order chi connectivity index (χ0) is 10.8. The van der Waals surface area contributed by atoms with Crippen molar-refractivity contribution in [3.05, 3.63) is 54.1 Å². The second-order valence-electron chi connectivity index (χ2n) is 3.24. The highest BCUT2D eigenvalue weighted by molar-refractivity contribution is 5.76. The first kappa shape index (κ1) is 9.65. The van der Waals surface area contributed by atoms with Gasteiger partial charge in [0.2, 0.25) is 0 Å². The van der Waals surface area contributed by atoms with Gasteiger partial charge in [-0.2, -0.15) is 0 Å². The molecule has 0 saturated carbocycles.